The fourth-order valence-electron chi connectivity index (χ4n) is 2.72. The summed E-state index contributed by atoms with van der Waals surface area (Å²) in [5.41, 5.74) is 2.40. The lowest BCUT2D eigenvalue weighted by Gasteiger charge is -2.28. The van der Waals surface area contributed by atoms with Crippen molar-refractivity contribution in [2.45, 2.75) is 12.6 Å². The third kappa shape index (κ3) is 2.30. The number of ether oxygens (including phenoxy) is 2. The summed E-state index contributed by atoms with van der Waals surface area (Å²) in [6.07, 6.45) is 2.13. The number of hydrogen-bond donors (Lipinski definition) is 0. The van der Waals surface area contributed by atoms with Crippen LogP contribution in [-0.4, -0.2) is 17.8 Å². The number of benzene rings is 2. The average molecular weight is 279 g/mol. The number of nitrogens with zero attached hydrogens (tertiary/aromatic N) is 1. The monoisotopic (exact) mass is 279 g/mol. The lowest BCUT2D eigenvalue weighted by atomic mass is 10.2. The minimum atomic E-state index is 0.465. The molecule has 1 aromatic heterocycles. The van der Waals surface area contributed by atoms with Crippen molar-refractivity contribution >= 4 is 10.9 Å². The number of fused-ring (bicyclic) bond motifs is 1. The Morgan fingerprint density at radius 3 is 2.62 bits per heavy atom. The van der Waals surface area contributed by atoms with Gasteiger partial charge in [0.15, 0.2) is 0 Å². The van der Waals surface area contributed by atoms with E-state index in [1.54, 1.807) is 0 Å². The van der Waals surface area contributed by atoms with Crippen LogP contribution in [0.3, 0.4) is 0 Å². The molecule has 4 rings (SSSR count). The highest BCUT2D eigenvalue weighted by Crippen LogP contribution is 2.31. The summed E-state index contributed by atoms with van der Waals surface area (Å²) < 4.78 is 13.6. The predicted octanol–water partition coefficient (Wildman–Crippen LogP) is 3.79. The van der Waals surface area contributed by atoms with Gasteiger partial charge in [-0.25, -0.2) is 0 Å². The minimum Gasteiger partial charge on any atom is -0.488 e. The van der Waals surface area contributed by atoms with Crippen molar-refractivity contribution in [3.05, 3.63) is 66.4 Å². The van der Waals surface area contributed by atoms with Crippen molar-refractivity contribution in [3.8, 4) is 5.75 Å². The van der Waals surface area contributed by atoms with E-state index in [-0.39, 0.29) is 0 Å². The molecule has 1 aliphatic rings. The van der Waals surface area contributed by atoms with E-state index in [0.717, 1.165) is 19.0 Å². The summed E-state index contributed by atoms with van der Waals surface area (Å²) in [5, 5.41) is 1.17. The first-order valence-corrected chi connectivity index (χ1v) is 7.26. The largest absolute Gasteiger partial charge is 0.488 e. The maximum absolute atomic E-state index is 6.01. The number of hydrogen-bond acceptors (Lipinski definition) is 2. The molecule has 0 N–H and O–H groups in total. The topological polar surface area (TPSA) is 23.4 Å². The Labute approximate surface area is 123 Å². The molecule has 2 aromatic carbocycles. The lowest BCUT2D eigenvalue weighted by molar-refractivity contribution is -0.0213. The van der Waals surface area contributed by atoms with Gasteiger partial charge in [0.05, 0.1) is 24.8 Å². The molecule has 0 bridgehead atoms. The molecule has 1 saturated heterocycles. The number of rotatable bonds is 4. The molecule has 0 radical (unpaired) electrons. The highest BCUT2D eigenvalue weighted by atomic mass is 16.5. The van der Waals surface area contributed by atoms with Gasteiger partial charge in [-0.3, -0.25) is 0 Å². The van der Waals surface area contributed by atoms with Gasteiger partial charge in [0.25, 0.3) is 0 Å². The zero-order valence-corrected chi connectivity index (χ0v) is 11.7. The fraction of sp³-hybridized carbons (Fsp3) is 0.222. The molecular weight excluding hydrogens is 262 g/mol. The smallest absolute Gasteiger partial charge is 0.129 e. The second-order valence-electron chi connectivity index (χ2n) is 5.38. The second-order valence-corrected chi connectivity index (χ2v) is 5.38. The van der Waals surface area contributed by atoms with E-state index < -0.39 is 0 Å². The van der Waals surface area contributed by atoms with Crippen LogP contribution < -0.4 is 4.74 Å². The highest BCUT2D eigenvalue weighted by Gasteiger charge is 2.21. The molecule has 3 heteroatoms. The highest BCUT2D eigenvalue weighted by molar-refractivity contribution is 5.86. The van der Waals surface area contributed by atoms with Crippen molar-refractivity contribution in [1.82, 2.24) is 4.57 Å². The molecule has 0 aliphatic carbocycles. The van der Waals surface area contributed by atoms with Crippen LogP contribution in [0, 0.1) is 0 Å². The van der Waals surface area contributed by atoms with E-state index >= 15 is 0 Å². The summed E-state index contributed by atoms with van der Waals surface area (Å²) in [5.74, 6) is 0.940. The van der Waals surface area contributed by atoms with Crippen LogP contribution in [-0.2, 0) is 11.3 Å². The van der Waals surface area contributed by atoms with Crippen molar-refractivity contribution in [1.29, 1.82) is 0 Å². The van der Waals surface area contributed by atoms with Crippen LogP contribution in [0.25, 0.3) is 10.9 Å². The number of aromatic nitrogens is 1. The van der Waals surface area contributed by atoms with Gasteiger partial charge in [-0.1, -0.05) is 36.4 Å². The van der Waals surface area contributed by atoms with Crippen LogP contribution in [0.5, 0.6) is 5.75 Å². The Balaban J connectivity index is 1.61. The molecule has 1 fully saturated rings. The Morgan fingerprint density at radius 2 is 1.86 bits per heavy atom. The first-order valence-electron chi connectivity index (χ1n) is 7.26. The predicted molar refractivity (Wildman–Crippen MR) is 82.6 cm³/mol. The zero-order valence-electron chi connectivity index (χ0n) is 11.7. The van der Waals surface area contributed by atoms with Gasteiger partial charge in [0.1, 0.15) is 12.4 Å². The van der Waals surface area contributed by atoms with Crippen molar-refractivity contribution in [2.75, 3.05) is 13.2 Å². The van der Waals surface area contributed by atoms with Gasteiger partial charge in [0.2, 0.25) is 0 Å². The van der Waals surface area contributed by atoms with Gasteiger partial charge in [-0.05, 0) is 23.8 Å². The summed E-state index contributed by atoms with van der Waals surface area (Å²) in [4.78, 5) is 0. The molecule has 1 aliphatic heterocycles. The molecule has 21 heavy (non-hydrogen) atoms. The van der Waals surface area contributed by atoms with Gasteiger partial charge in [0, 0.05) is 11.6 Å². The third-order valence-electron chi connectivity index (χ3n) is 3.97. The third-order valence-corrected chi connectivity index (χ3v) is 3.97. The van der Waals surface area contributed by atoms with Crippen molar-refractivity contribution in [2.24, 2.45) is 0 Å². The average Bonchev–Trinajstić information content (AvgIpc) is 2.89. The molecule has 2 heterocycles. The Bertz CT molecular complexity index is 744. The summed E-state index contributed by atoms with van der Waals surface area (Å²) in [6, 6.07) is 19.1. The Hall–Kier alpha value is -2.26. The maximum atomic E-state index is 6.01. The quantitative estimate of drug-likeness (QED) is 0.725. The Kier molecular flexibility index (Phi) is 3.13. The van der Waals surface area contributed by atoms with E-state index in [4.69, 9.17) is 9.47 Å². The van der Waals surface area contributed by atoms with E-state index in [1.165, 1.54) is 16.5 Å². The molecule has 3 nitrogen and oxygen atoms in total. The summed E-state index contributed by atoms with van der Waals surface area (Å²) in [6.45, 7) is 2.20. The van der Waals surface area contributed by atoms with Crippen molar-refractivity contribution < 1.29 is 9.47 Å². The molecule has 0 atom stereocenters. The van der Waals surface area contributed by atoms with Crippen molar-refractivity contribution in [3.63, 3.8) is 0 Å². The molecule has 0 saturated carbocycles. The van der Waals surface area contributed by atoms with Gasteiger partial charge in [-0.2, -0.15) is 0 Å². The first-order chi connectivity index (χ1) is 10.4. The molecule has 0 amide bonds. The molecular formula is C18H17NO2. The zero-order chi connectivity index (χ0) is 14.1. The van der Waals surface area contributed by atoms with Gasteiger partial charge >= 0.3 is 0 Å². The normalized spacial score (nSPS) is 15.0. The minimum absolute atomic E-state index is 0.465. The van der Waals surface area contributed by atoms with E-state index in [9.17, 15) is 0 Å². The lowest BCUT2D eigenvalue weighted by Crippen LogP contribution is -2.29. The standard InChI is InChI=1S/C18H17NO2/c1-2-5-14(6-3-1)11-21-18-8-4-7-17-16(18)9-10-19(17)15-12-20-13-15/h1-10,15H,11-13H2. The first kappa shape index (κ1) is 12.5. The molecule has 0 unspecified atom stereocenters. The summed E-state index contributed by atoms with van der Waals surface area (Å²) >= 11 is 0. The van der Waals surface area contributed by atoms with Crippen LogP contribution in [0.15, 0.2) is 60.8 Å². The van der Waals surface area contributed by atoms with E-state index in [1.807, 2.05) is 24.3 Å². The van der Waals surface area contributed by atoms with Gasteiger partial charge < -0.3 is 14.0 Å². The van der Waals surface area contributed by atoms with Crippen LogP contribution in [0.1, 0.15) is 11.6 Å². The summed E-state index contributed by atoms with van der Waals surface area (Å²) in [7, 11) is 0. The van der Waals surface area contributed by atoms with Crippen LogP contribution >= 0.6 is 0 Å². The maximum Gasteiger partial charge on any atom is 0.129 e. The van der Waals surface area contributed by atoms with Gasteiger partial charge in [-0.15, -0.1) is 0 Å². The molecule has 0 spiro atoms. The van der Waals surface area contributed by atoms with Crippen LogP contribution in [0.4, 0.5) is 0 Å². The van der Waals surface area contributed by atoms with E-state index in [2.05, 4.69) is 41.1 Å². The SMILES string of the molecule is c1ccc(COc2cccc3c2ccn3C2COC2)cc1. The van der Waals surface area contributed by atoms with Crippen LogP contribution in [0.2, 0.25) is 0 Å². The Morgan fingerprint density at radius 1 is 1.00 bits per heavy atom. The second kappa shape index (κ2) is 5.26. The molecule has 106 valence electrons. The fourth-order valence-corrected chi connectivity index (χ4v) is 2.72. The molecule has 3 aromatic rings. The van der Waals surface area contributed by atoms with E-state index in [0.29, 0.717) is 12.6 Å².